The van der Waals surface area contributed by atoms with Gasteiger partial charge in [0.2, 0.25) is 17.6 Å². The van der Waals surface area contributed by atoms with Crippen LogP contribution in [0.3, 0.4) is 0 Å². The van der Waals surface area contributed by atoms with Crippen LogP contribution < -0.4 is 0 Å². The lowest BCUT2D eigenvalue weighted by Gasteiger charge is -2.34. The van der Waals surface area contributed by atoms with Gasteiger partial charge in [-0.25, -0.2) is 0 Å². The summed E-state index contributed by atoms with van der Waals surface area (Å²) in [6, 6.07) is 10.2. The number of nitrogens with zero attached hydrogens (tertiary/aromatic N) is 4. The molecule has 30 heavy (non-hydrogen) atoms. The number of aryl methyl sites for hydroxylation is 1. The van der Waals surface area contributed by atoms with E-state index >= 15 is 0 Å². The van der Waals surface area contributed by atoms with E-state index in [2.05, 4.69) is 32.2 Å². The first kappa shape index (κ1) is 19.0. The molecule has 1 aromatic carbocycles. The van der Waals surface area contributed by atoms with Crippen molar-refractivity contribution in [3.63, 3.8) is 0 Å². The van der Waals surface area contributed by atoms with Gasteiger partial charge in [0.15, 0.2) is 0 Å². The molecule has 0 aliphatic carbocycles. The maximum absolute atomic E-state index is 12.7. The Kier molecular flexibility index (Phi) is 5.33. The summed E-state index contributed by atoms with van der Waals surface area (Å²) in [4.78, 5) is 24.7. The van der Waals surface area contributed by atoms with Gasteiger partial charge in [0.05, 0.1) is 6.54 Å². The minimum Gasteiger partial charge on any atom is -0.361 e. The number of H-pyrrole nitrogens is 1. The topological polar surface area (TPSA) is 78.3 Å². The predicted octanol–water partition coefficient (Wildman–Crippen LogP) is 3.56. The van der Waals surface area contributed by atoms with Crippen molar-refractivity contribution in [2.24, 2.45) is 0 Å². The summed E-state index contributed by atoms with van der Waals surface area (Å²) in [5.41, 5.74) is 3.31. The van der Waals surface area contributed by atoms with Gasteiger partial charge in [-0.3, -0.25) is 9.69 Å². The maximum Gasteiger partial charge on any atom is 0.241 e. The number of nitrogens with one attached hydrogen (secondary N) is 1. The summed E-state index contributed by atoms with van der Waals surface area (Å²) in [5, 5.41) is 9.28. The summed E-state index contributed by atoms with van der Waals surface area (Å²) in [6.07, 6.45) is 3.32. The molecule has 4 heterocycles. The van der Waals surface area contributed by atoms with Crippen LogP contribution in [0.4, 0.5) is 0 Å². The number of aromatic amines is 1. The van der Waals surface area contributed by atoms with Crippen molar-refractivity contribution in [3.8, 4) is 11.4 Å². The van der Waals surface area contributed by atoms with Gasteiger partial charge in [-0.1, -0.05) is 23.4 Å². The zero-order chi connectivity index (χ0) is 20.3. The second-order valence-electron chi connectivity index (χ2n) is 7.54. The van der Waals surface area contributed by atoms with Crippen LogP contribution in [0.5, 0.6) is 0 Å². The first-order chi connectivity index (χ1) is 14.8. The van der Waals surface area contributed by atoms with Crippen molar-refractivity contribution in [3.05, 3.63) is 58.7 Å². The van der Waals surface area contributed by atoms with Crippen LogP contribution in [-0.4, -0.2) is 57.0 Å². The molecule has 1 aliphatic heterocycles. The van der Waals surface area contributed by atoms with Crippen molar-refractivity contribution in [2.75, 3.05) is 26.2 Å². The zero-order valence-electron chi connectivity index (χ0n) is 16.6. The molecule has 0 unspecified atom stereocenters. The number of thiophene rings is 1. The number of carbonyl (C=O) groups excluding carboxylic acids is 1. The second-order valence-corrected chi connectivity index (χ2v) is 8.32. The molecule has 5 rings (SSSR count). The Morgan fingerprint density at radius 1 is 1.17 bits per heavy atom. The normalized spacial score (nSPS) is 15.1. The Morgan fingerprint density at radius 3 is 2.87 bits per heavy atom. The number of rotatable bonds is 6. The van der Waals surface area contributed by atoms with E-state index in [4.69, 9.17) is 4.52 Å². The molecular weight excluding hydrogens is 398 g/mol. The van der Waals surface area contributed by atoms with Crippen molar-refractivity contribution >= 4 is 28.1 Å². The molecular formula is C22H23N5O2S. The molecule has 154 valence electrons. The third-order valence-electron chi connectivity index (χ3n) is 5.61. The van der Waals surface area contributed by atoms with Crippen LogP contribution in [0.1, 0.15) is 17.9 Å². The molecule has 7 nitrogen and oxygen atoms in total. The summed E-state index contributed by atoms with van der Waals surface area (Å²) in [6.45, 7) is 3.72. The molecule has 1 N–H and O–H groups in total. The maximum atomic E-state index is 12.7. The van der Waals surface area contributed by atoms with E-state index in [9.17, 15) is 4.79 Å². The average molecular weight is 422 g/mol. The number of aromatic nitrogens is 3. The van der Waals surface area contributed by atoms with Gasteiger partial charge >= 0.3 is 0 Å². The van der Waals surface area contributed by atoms with Gasteiger partial charge in [0.1, 0.15) is 0 Å². The fourth-order valence-corrected chi connectivity index (χ4v) is 4.55. The fourth-order valence-electron chi connectivity index (χ4n) is 3.91. The summed E-state index contributed by atoms with van der Waals surface area (Å²) in [5.74, 6) is 1.48. The summed E-state index contributed by atoms with van der Waals surface area (Å²) >= 11 is 1.61. The lowest BCUT2D eigenvalue weighted by Crippen LogP contribution is -2.48. The highest BCUT2D eigenvalue weighted by Crippen LogP contribution is 2.21. The summed E-state index contributed by atoms with van der Waals surface area (Å²) < 4.78 is 5.40. The van der Waals surface area contributed by atoms with Crippen LogP contribution in [0.25, 0.3) is 22.3 Å². The van der Waals surface area contributed by atoms with E-state index < -0.39 is 0 Å². The monoisotopic (exact) mass is 421 g/mol. The number of fused-ring (bicyclic) bond motifs is 1. The Labute approximate surface area is 178 Å². The molecule has 1 fully saturated rings. The molecule has 0 radical (unpaired) electrons. The number of carbonyl (C=O) groups is 1. The smallest absolute Gasteiger partial charge is 0.241 e. The Hall–Kier alpha value is -2.97. The van der Waals surface area contributed by atoms with Crippen molar-refractivity contribution in [1.82, 2.24) is 24.9 Å². The first-order valence-corrected chi connectivity index (χ1v) is 11.1. The van der Waals surface area contributed by atoms with Gasteiger partial charge in [-0.2, -0.15) is 16.3 Å². The zero-order valence-corrected chi connectivity index (χ0v) is 17.4. The van der Waals surface area contributed by atoms with Gasteiger partial charge < -0.3 is 14.4 Å². The van der Waals surface area contributed by atoms with Crippen molar-refractivity contribution < 1.29 is 9.32 Å². The van der Waals surface area contributed by atoms with Gasteiger partial charge in [-0.15, -0.1) is 0 Å². The number of para-hydroxylation sites is 1. The van der Waals surface area contributed by atoms with E-state index in [1.54, 1.807) is 11.3 Å². The molecule has 4 aromatic rings. The fraction of sp³-hybridized carbons (Fsp3) is 0.318. The summed E-state index contributed by atoms with van der Waals surface area (Å²) in [7, 11) is 0. The van der Waals surface area contributed by atoms with E-state index in [1.165, 1.54) is 10.9 Å². The highest BCUT2D eigenvalue weighted by atomic mass is 32.1. The second kappa shape index (κ2) is 8.41. The average Bonchev–Trinajstić information content (AvgIpc) is 3.53. The van der Waals surface area contributed by atoms with Crippen LogP contribution in [0.2, 0.25) is 0 Å². The Morgan fingerprint density at radius 2 is 2.03 bits per heavy atom. The van der Waals surface area contributed by atoms with Crippen molar-refractivity contribution in [1.29, 1.82) is 0 Å². The largest absolute Gasteiger partial charge is 0.361 e. The van der Waals surface area contributed by atoms with Crippen LogP contribution in [0.15, 0.2) is 51.8 Å². The van der Waals surface area contributed by atoms with E-state index in [0.29, 0.717) is 24.7 Å². The van der Waals surface area contributed by atoms with Gasteiger partial charge in [-0.05, 0) is 29.5 Å². The van der Waals surface area contributed by atoms with Crippen molar-refractivity contribution in [2.45, 2.75) is 19.4 Å². The van der Waals surface area contributed by atoms with E-state index in [-0.39, 0.29) is 5.91 Å². The highest BCUT2D eigenvalue weighted by Gasteiger charge is 2.22. The lowest BCUT2D eigenvalue weighted by molar-refractivity contribution is -0.133. The first-order valence-electron chi connectivity index (χ1n) is 10.2. The number of piperazine rings is 1. The SMILES string of the molecule is O=C(CCc1c[nH]c2ccccc12)N1CCN(Cc2nc(-c3ccsc3)no2)CC1. The molecule has 3 aromatic heterocycles. The molecule has 1 aliphatic rings. The molecule has 0 bridgehead atoms. The number of hydrogen-bond acceptors (Lipinski definition) is 6. The Bertz CT molecular complexity index is 1130. The molecule has 0 atom stereocenters. The number of amides is 1. The number of benzene rings is 1. The van der Waals surface area contributed by atoms with Crippen LogP contribution in [-0.2, 0) is 17.8 Å². The van der Waals surface area contributed by atoms with Gasteiger partial charge in [0, 0.05) is 60.6 Å². The quantitative estimate of drug-likeness (QED) is 0.515. The molecule has 0 spiro atoms. The predicted molar refractivity (Wildman–Crippen MR) is 116 cm³/mol. The molecule has 8 heteroatoms. The van der Waals surface area contributed by atoms with E-state index in [1.807, 2.05) is 40.1 Å². The van der Waals surface area contributed by atoms with Crippen LogP contribution in [0, 0.1) is 0 Å². The number of hydrogen-bond donors (Lipinski definition) is 1. The van der Waals surface area contributed by atoms with E-state index in [0.717, 1.165) is 43.7 Å². The molecule has 0 saturated carbocycles. The molecule has 1 saturated heterocycles. The molecule has 1 amide bonds. The Balaban J connectivity index is 1.11. The minimum absolute atomic E-state index is 0.220. The van der Waals surface area contributed by atoms with Crippen LogP contribution >= 0.6 is 11.3 Å². The minimum atomic E-state index is 0.220. The third kappa shape index (κ3) is 4.01. The standard InChI is InChI=1S/C22H23N5O2S/c28-21(6-5-16-13-23-19-4-2-1-3-18(16)19)27-10-8-26(9-11-27)14-20-24-22(25-29-20)17-7-12-30-15-17/h1-4,7,12-13,15,23H,5-6,8-11,14H2. The lowest BCUT2D eigenvalue weighted by atomic mass is 10.1. The third-order valence-corrected chi connectivity index (χ3v) is 6.30. The highest BCUT2D eigenvalue weighted by molar-refractivity contribution is 7.08. The van der Waals surface area contributed by atoms with Gasteiger partial charge in [0.25, 0.3) is 0 Å².